The third kappa shape index (κ3) is 2.73. The van der Waals surface area contributed by atoms with E-state index in [-0.39, 0.29) is 6.61 Å². The maximum Gasteiger partial charge on any atom is 0.138 e. The minimum atomic E-state index is 0.268. The van der Waals surface area contributed by atoms with Gasteiger partial charge in [0.15, 0.2) is 0 Å². The molecule has 0 unspecified atom stereocenters. The third-order valence-electron chi connectivity index (χ3n) is 2.41. The van der Waals surface area contributed by atoms with Gasteiger partial charge in [0.05, 0.1) is 16.7 Å². The first-order valence-corrected chi connectivity index (χ1v) is 5.65. The largest absolute Gasteiger partial charge is 0.487 e. The van der Waals surface area contributed by atoms with E-state index in [0.717, 1.165) is 5.56 Å². The Morgan fingerprint density at radius 2 is 2.22 bits per heavy atom. The molecule has 0 spiro atoms. The van der Waals surface area contributed by atoms with E-state index < -0.39 is 0 Å². The fraction of sp³-hybridized carbons (Fsp3) is 0.0714. The van der Waals surface area contributed by atoms with Crippen LogP contribution in [0, 0.1) is 17.4 Å². The van der Waals surface area contributed by atoms with Crippen LogP contribution in [0.5, 0.6) is 5.75 Å². The first kappa shape index (κ1) is 12.3. The summed E-state index contributed by atoms with van der Waals surface area (Å²) in [6.07, 6.45) is 0. The zero-order valence-corrected chi connectivity index (χ0v) is 10.2. The molecule has 4 heteroatoms. The van der Waals surface area contributed by atoms with Gasteiger partial charge in [-0.1, -0.05) is 17.7 Å². The van der Waals surface area contributed by atoms with E-state index in [0.29, 0.717) is 22.0 Å². The molecule has 0 aliphatic carbocycles. The molecule has 3 nitrogen and oxygen atoms in total. The SMILES string of the molecule is N#Cc1cc[c]cc1COc1ccc(N)cc1Cl. The molecule has 2 aromatic carbocycles. The van der Waals surface area contributed by atoms with E-state index in [1.807, 2.05) is 0 Å². The number of nitrogens with zero attached hydrogens (tertiary/aromatic N) is 1. The highest BCUT2D eigenvalue weighted by Gasteiger charge is 2.05. The number of hydrogen-bond donors (Lipinski definition) is 1. The summed E-state index contributed by atoms with van der Waals surface area (Å²) < 4.78 is 5.56. The molecule has 0 heterocycles. The first-order chi connectivity index (χ1) is 8.70. The molecule has 0 saturated carbocycles. The predicted molar refractivity (Wildman–Crippen MR) is 70.2 cm³/mol. The van der Waals surface area contributed by atoms with Crippen molar-refractivity contribution in [1.82, 2.24) is 0 Å². The van der Waals surface area contributed by atoms with Gasteiger partial charge in [0, 0.05) is 11.3 Å². The van der Waals surface area contributed by atoms with Crippen LogP contribution in [-0.2, 0) is 6.61 Å². The highest BCUT2D eigenvalue weighted by atomic mass is 35.5. The monoisotopic (exact) mass is 257 g/mol. The second kappa shape index (κ2) is 5.44. The maximum atomic E-state index is 8.94. The van der Waals surface area contributed by atoms with Crippen molar-refractivity contribution in [3.63, 3.8) is 0 Å². The van der Waals surface area contributed by atoms with Crippen molar-refractivity contribution < 1.29 is 4.74 Å². The molecule has 0 aromatic heterocycles. The van der Waals surface area contributed by atoms with Crippen molar-refractivity contribution in [3.05, 3.63) is 58.6 Å². The van der Waals surface area contributed by atoms with E-state index in [1.165, 1.54) is 0 Å². The standard InChI is InChI=1S/C14H10ClN2O/c15-13-7-12(17)5-6-14(13)18-9-11-4-2-1-3-10(11)8-16/h1,3-7H,9,17H2. The maximum absolute atomic E-state index is 8.94. The van der Waals surface area contributed by atoms with Gasteiger partial charge in [-0.05, 0) is 36.4 Å². The molecule has 0 aliphatic heterocycles. The molecule has 0 atom stereocenters. The Morgan fingerprint density at radius 3 is 2.94 bits per heavy atom. The van der Waals surface area contributed by atoms with Gasteiger partial charge in [-0.15, -0.1) is 0 Å². The second-order valence-corrected chi connectivity index (χ2v) is 4.08. The van der Waals surface area contributed by atoms with Crippen LogP contribution in [0.15, 0.2) is 36.4 Å². The van der Waals surface area contributed by atoms with Crippen LogP contribution in [0.1, 0.15) is 11.1 Å². The zero-order valence-electron chi connectivity index (χ0n) is 9.48. The molecule has 0 saturated heterocycles. The normalized spacial score (nSPS) is 9.78. The molecular formula is C14H10ClN2O. The molecular weight excluding hydrogens is 248 g/mol. The van der Waals surface area contributed by atoms with Crippen LogP contribution in [0.25, 0.3) is 0 Å². The van der Waals surface area contributed by atoms with Gasteiger partial charge in [0.2, 0.25) is 0 Å². The number of hydrogen-bond acceptors (Lipinski definition) is 3. The summed E-state index contributed by atoms with van der Waals surface area (Å²) in [6, 6.07) is 15.2. The van der Waals surface area contributed by atoms with E-state index >= 15 is 0 Å². The average molecular weight is 258 g/mol. The van der Waals surface area contributed by atoms with Gasteiger partial charge >= 0.3 is 0 Å². The number of ether oxygens (including phenoxy) is 1. The second-order valence-electron chi connectivity index (χ2n) is 3.67. The molecule has 89 valence electrons. The Balaban J connectivity index is 2.14. The summed E-state index contributed by atoms with van der Waals surface area (Å²) in [5, 5.41) is 9.40. The Labute approximate surface area is 110 Å². The van der Waals surface area contributed by atoms with Gasteiger partial charge in [-0.3, -0.25) is 0 Å². The molecule has 2 N–H and O–H groups in total. The van der Waals surface area contributed by atoms with E-state index in [2.05, 4.69) is 12.1 Å². The summed E-state index contributed by atoms with van der Waals surface area (Å²) in [6.45, 7) is 0.268. The number of anilines is 1. The summed E-state index contributed by atoms with van der Waals surface area (Å²) in [7, 11) is 0. The molecule has 1 radical (unpaired) electrons. The molecule has 0 aliphatic rings. The fourth-order valence-electron chi connectivity index (χ4n) is 1.48. The summed E-state index contributed by atoms with van der Waals surface area (Å²) in [5.74, 6) is 0.540. The van der Waals surface area contributed by atoms with Crippen molar-refractivity contribution in [2.75, 3.05) is 5.73 Å². The highest BCUT2D eigenvalue weighted by molar-refractivity contribution is 6.32. The molecule has 0 bridgehead atoms. The first-order valence-electron chi connectivity index (χ1n) is 5.27. The van der Waals surface area contributed by atoms with Gasteiger partial charge in [-0.2, -0.15) is 5.26 Å². The van der Waals surface area contributed by atoms with Crippen LogP contribution in [0.4, 0.5) is 5.69 Å². The number of nitrogen functional groups attached to an aromatic ring is 1. The Kier molecular flexibility index (Phi) is 3.71. The van der Waals surface area contributed by atoms with E-state index in [4.69, 9.17) is 27.3 Å². The van der Waals surface area contributed by atoms with E-state index in [1.54, 1.807) is 36.4 Å². The van der Waals surface area contributed by atoms with Crippen molar-refractivity contribution in [3.8, 4) is 11.8 Å². The van der Waals surface area contributed by atoms with Crippen molar-refractivity contribution in [2.24, 2.45) is 0 Å². The summed E-state index contributed by atoms with van der Waals surface area (Å²) in [5.41, 5.74) is 7.51. The summed E-state index contributed by atoms with van der Waals surface area (Å²) in [4.78, 5) is 0. The minimum Gasteiger partial charge on any atom is -0.487 e. The van der Waals surface area contributed by atoms with Crippen LogP contribution in [0.3, 0.4) is 0 Å². The third-order valence-corrected chi connectivity index (χ3v) is 2.70. The van der Waals surface area contributed by atoms with Gasteiger partial charge in [0.25, 0.3) is 0 Å². The molecule has 2 rings (SSSR count). The lowest BCUT2D eigenvalue weighted by Gasteiger charge is -2.09. The van der Waals surface area contributed by atoms with Gasteiger partial charge in [0.1, 0.15) is 12.4 Å². The van der Waals surface area contributed by atoms with Gasteiger partial charge < -0.3 is 10.5 Å². The highest BCUT2D eigenvalue weighted by Crippen LogP contribution is 2.27. The quantitative estimate of drug-likeness (QED) is 0.859. The Bertz CT molecular complexity index is 605. The molecule has 0 amide bonds. The number of benzene rings is 2. The molecule has 18 heavy (non-hydrogen) atoms. The van der Waals surface area contributed by atoms with Crippen LogP contribution >= 0.6 is 11.6 Å². The lowest BCUT2D eigenvalue weighted by molar-refractivity contribution is 0.306. The van der Waals surface area contributed by atoms with Crippen LogP contribution < -0.4 is 10.5 Å². The summed E-state index contributed by atoms with van der Waals surface area (Å²) >= 11 is 5.99. The lowest BCUT2D eigenvalue weighted by atomic mass is 10.1. The average Bonchev–Trinajstić information content (AvgIpc) is 2.38. The van der Waals surface area contributed by atoms with Gasteiger partial charge in [-0.25, -0.2) is 0 Å². The Hall–Kier alpha value is -2.18. The van der Waals surface area contributed by atoms with E-state index in [9.17, 15) is 0 Å². The number of nitrogens with two attached hydrogens (primary N) is 1. The van der Waals surface area contributed by atoms with Crippen molar-refractivity contribution in [2.45, 2.75) is 6.61 Å². The Morgan fingerprint density at radius 1 is 1.39 bits per heavy atom. The minimum absolute atomic E-state index is 0.268. The zero-order chi connectivity index (χ0) is 13.0. The fourth-order valence-corrected chi connectivity index (χ4v) is 1.73. The van der Waals surface area contributed by atoms with Crippen LogP contribution in [0.2, 0.25) is 5.02 Å². The number of nitriles is 1. The molecule has 0 fully saturated rings. The van der Waals surface area contributed by atoms with Crippen molar-refractivity contribution >= 4 is 17.3 Å². The van der Waals surface area contributed by atoms with Crippen molar-refractivity contribution in [1.29, 1.82) is 5.26 Å². The topological polar surface area (TPSA) is 59.0 Å². The lowest BCUT2D eigenvalue weighted by Crippen LogP contribution is -1.99. The molecule has 2 aromatic rings. The smallest absolute Gasteiger partial charge is 0.138 e. The number of halogens is 1. The van der Waals surface area contributed by atoms with Crippen LogP contribution in [-0.4, -0.2) is 0 Å². The number of rotatable bonds is 3. The predicted octanol–water partition coefficient (Wildman–Crippen LogP) is 3.17.